The number of nitrogens with zero attached hydrogens (tertiary/aromatic N) is 3. The van der Waals surface area contributed by atoms with Crippen molar-refractivity contribution < 1.29 is 0 Å². The summed E-state index contributed by atoms with van der Waals surface area (Å²) >= 11 is 0. The first-order chi connectivity index (χ1) is 32.2. The maximum Gasteiger partial charge on any atom is 0.160 e. The Kier molecular flexibility index (Phi) is 9.39. The number of hydrogen-bond donors (Lipinski definition) is 0. The minimum Gasteiger partial charge on any atom is -0.264 e. The Morgan fingerprint density at radius 3 is 1.57 bits per heavy atom. The quantitative estimate of drug-likeness (QED) is 0.153. The first-order valence-electron chi connectivity index (χ1n) is 22.2. The summed E-state index contributed by atoms with van der Waals surface area (Å²) in [6.07, 6.45) is 3.70. The molecule has 0 unspecified atom stereocenters. The van der Waals surface area contributed by atoms with Gasteiger partial charge in [0.25, 0.3) is 0 Å². The molecule has 2 heterocycles. The van der Waals surface area contributed by atoms with Crippen molar-refractivity contribution in [3.05, 3.63) is 271 Å². The Morgan fingerprint density at radius 1 is 0.308 bits per heavy atom. The second-order valence-corrected chi connectivity index (χ2v) is 16.7. The van der Waals surface area contributed by atoms with Crippen LogP contribution < -0.4 is 0 Å². The van der Waals surface area contributed by atoms with E-state index in [0.717, 1.165) is 55.5 Å². The molecule has 0 fully saturated rings. The predicted molar refractivity (Wildman–Crippen MR) is 267 cm³/mol. The third-order valence-corrected chi connectivity index (χ3v) is 13.1. The lowest BCUT2D eigenvalue weighted by Gasteiger charge is -2.35. The van der Waals surface area contributed by atoms with Crippen molar-refractivity contribution in [1.29, 1.82) is 0 Å². The predicted octanol–water partition coefficient (Wildman–Crippen LogP) is 15.4. The number of rotatable bonds is 8. The zero-order valence-corrected chi connectivity index (χ0v) is 35.5. The standard InChI is InChI=1S/C62H41N3/c1-4-17-44(18-5-1)61-64-58(43-34-32-42(33-35-43)47-21-16-38-63-41-47)40-59(65-61)55-37-36-50(52-26-10-11-27-53(52)55)45-19-14-20-46(39-45)51-29-15-30-56-54-28-12-13-31-57(54)62(60(51)56,48-22-6-2-7-23-48)49-24-8-3-9-25-49/h1-41H. The molecule has 12 rings (SSSR count). The van der Waals surface area contributed by atoms with E-state index in [1.54, 1.807) is 6.20 Å². The minimum atomic E-state index is -0.508. The molecule has 0 spiro atoms. The van der Waals surface area contributed by atoms with Crippen molar-refractivity contribution in [2.75, 3.05) is 0 Å². The van der Waals surface area contributed by atoms with Gasteiger partial charge in [0, 0.05) is 29.1 Å². The SMILES string of the molecule is c1ccc(-c2nc(-c3ccc(-c4cccnc4)cc3)cc(-c3ccc(-c4cccc(-c5cccc6c5C(c5ccccc5)(c5ccccc5)c5ccccc5-6)c4)c4ccccc34)n2)cc1. The maximum atomic E-state index is 5.27. The van der Waals surface area contributed by atoms with Crippen LogP contribution in [0.4, 0.5) is 0 Å². The summed E-state index contributed by atoms with van der Waals surface area (Å²) in [6, 6.07) is 85.3. The van der Waals surface area contributed by atoms with Crippen molar-refractivity contribution in [3.63, 3.8) is 0 Å². The van der Waals surface area contributed by atoms with Crippen LogP contribution in [0.3, 0.4) is 0 Å². The smallest absolute Gasteiger partial charge is 0.160 e. The van der Waals surface area contributed by atoms with Crippen LogP contribution >= 0.6 is 0 Å². The Morgan fingerprint density at radius 2 is 0.846 bits per heavy atom. The Balaban J connectivity index is 1.00. The summed E-state index contributed by atoms with van der Waals surface area (Å²) in [5.74, 6) is 0.690. The molecular weight excluding hydrogens is 787 g/mol. The molecule has 3 heteroatoms. The fraction of sp³-hybridized carbons (Fsp3) is 0.0161. The topological polar surface area (TPSA) is 38.7 Å². The highest BCUT2D eigenvalue weighted by Crippen LogP contribution is 2.58. The summed E-state index contributed by atoms with van der Waals surface area (Å²) in [6.45, 7) is 0. The van der Waals surface area contributed by atoms with Gasteiger partial charge in [-0.15, -0.1) is 0 Å². The number of benzene rings is 9. The third kappa shape index (κ3) is 6.48. The normalized spacial score (nSPS) is 12.4. The second kappa shape index (κ2) is 16.0. The minimum absolute atomic E-state index is 0.508. The molecule has 0 saturated heterocycles. The van der Waals surface area contributed by atoms with Crippen LogP contribution in [0.1, 0.15) is 22.3 Å². The first kappa shape index (κ1) is 38.2. The molecule has 1 aliphatic rings. The molecule has 9 aromatic carbocycles. The zero-order chi connectivity index (χ0) is 43.2. The summed E-state index contributed by atoms with van der Waals surface area (Å²) in [5.41, 5.74) is 18.9. The highest BCUT2D eigenvalue weighted by Gasteiger charge is 2.47. The van der Waals surface area contributed by atoms with E-state index in [9.17, 15) is 0 Å². The molecule has 0 saturated carbocycles. The van der Waals surface area contributed by atoms with Gasteiger partial charge < -0.3 is 0 Å². The number of aromatic nitrogens is 3. The van der Waals surface area contributed by atoms with Crippen molar-refractivity contribution in [3.8, 4) is 78.4 Å². The number of pyridine rings is 1. The van der Waals surface area contributed by atoms with Gasteiger partial charge in [-0.1, -0.05) is 218 Å². The molecule has 65 heavy (non-hydrogen) atoms. The molecule has 1 aliphatic carbocycles. The van der Waals surface area contributed by atoms with E-state index in [0.29, 0.717) is 5.82 Å². The fourth-order valence-corrected chi connectivity index (χ4v) is 10.2. The maximum absolute atomic E-state index is 5.27. The van der Waals surface area contributed by atoms with Crippen molar-refractivity contribution >= 4 is 10.8 Å². The van der Waals surface area contributed by atoms with Crippen molar-refractivity contribution in [2.45, 2.75) is 5.41 Å². The highest BCUT2D eigenvalue weighted by molar-refractivity contribution is 6.05. The van der Waals surface area contributed by atoms with Crippen LogP contribution in [-0.4, -0.2) is 15.0 Å². The highest BCUT2D eigenvalue weighted by atomic mass is 14.9. The molecule has 0 bridgehead atoms. The van der Waals surface area contributed by atoms with Crippen LogP contribution in [0.5, 0.6) is 0 Å². The van der Waals surface area contributed by atoms with E-state index in [-0.39, 0.29) is 0 Å². The van der Waals surface area contributed by atoms with Gasteiger partial charge in [0.2, 0.25) is 0 Å². The van der Waals surface area contributed by atoms with Crippen LogP contribution in [0.25, 0.3) is 89.2 Å². The van der Waals surface area contributed by atoms with E-state index < -0.39 is 5.41 Å². The van der Waals surface area contributed by atoms with Gasteiger partial charge in [0.15, 0.2) is 5.82 Å². The molecule has 304 valence electrons. The number of fused-ring (bicyclic) bond motifs is 4. The second-order valence-electron chi connectivity index (χ2n) is 16.7. The Bertz CT molecular complexity index is 3470. The monoisotopic (exact) mass is 827 g/mol. The Hall–Kier alpha value is -8.53. The van der Waals surface area contributed by atoms with Crippen molar-refractivity contribution in [1.82, 2.24) is 15.0 Å². The molecule has 0 N–H and O–H groups in total. The van der Waals surface area contributed by atoms with Gasteiger partial charge in [-0.05, 0) is 95.7 Å². The van der Waals surface area contributed by atoms with Gasteiger partial charge in [0.05, 0.1) is 16.8 Å². The summed E-state index contributed by atoms with van der Waals surface area (Å²) in [5, 5.41) is 2.30. The van der Waals surface area contributed by atoms with Crippen molar-refractivity contribution in [2.24, 2.45) is 0 Å². The van der Waals surface area contributed by atoms with Gasteiger partial charge in [0.1, 0.15) is 0 Å². The zero-order valence-electron chi connectivity index (χ0n) is 35.5. The van der Waals surface area contributed by atoms with E-state index in [1.165, 1.54) is 50.1 Å². The number of hydrogen-bond acceptors (Lipinski definition) is 3. The lowest BCUT2D eigenvalue weighted by atomic mass is 9.66. The lowest BCUT2D eigenvalue weighted by Crippen LogP contribution is -2.29. The van der Waals surface area contributed by atoms with Crippen LogP contribution in [0, 0.1) is 0 Å². The molecule has 0 atom stereocenters. The molecular formula is C62H41N3. The first-order valence-corrected chi connectivity index (χ1v) is 22.2. The van der Waals surface area contributed by atoms with Gasteiger partial charge in [-0.25, -0.2) is 9.97 Å². The van der Waals surface area contributed by atoms with Gasteiger partial charge in [-0.2, -0.15) is 0 Å². The van der Waals surface area contributed by atoms with E-state index in [4.69, 9.17) is 9.97 Å². The van der Waals surface area contributed by atoms with Gasteiger partial charge in [-0.3, -0.25) is 4.98 Å². The van der Waals surface area contributed by atoms with E-state index in [2.05, 4.69) is 217 Å². The van der Waals surface area contributed by atoms with E-state index in [1.807, 2.05) is 30.5 Å². The average Bonchev–Trinajstić information content (AvgIpc) is 3.70. The summed E-state index contributed by atoms with van der Waals surface area (Å²) in [7, 11) is 0. The molecule has 0 aliphatic heterocycles. The largest absolute Gasteiger partial charge is 0.264 e. The Labute approximate surface area is 379 Å². The van der Waals surface area contributed by atoms with Crippen LogP contribution in [0.2, 0.25) is 0 Å². The lowest BCUT2D eigenvalue weighted by molar-refractivity contribution is 0.770. The molecule has 0 radical (unpaired) electrons. The van der Waals surface area contributed by atoms with Crippen LogP contribution in [-0.2, 0) is 5.41 Å². The third-order valence-electron chi connectivity index (χ3n) is 13.1. The fourth-order valence-electron chi connectivity index (χ4n) is 10.2. The summed E-state index contributed by atoms with van der Waals surface area (Å²) in [4.78, 5) is 14.7. The molecule has 0 amide bonds. The molecule has 2 aromatic heterocycles. The van der Waals surface area contributed by atoms with Crippen LogP contribution in [0.15, 0.2) is 249 Å². The van der Waals surface area contributed by atoms with Gasteiger partial charge >= 0.3 is 0 Å². The molecule has 11 aromatic rings. The summed E-state index contributed by atoms with van der Waals surface area (Å²) < 4.78 is 0. The average molecular weight is 828 g/mol. The van der Waals surface area contributed by atoms with E-state index >= 15 is 0 Å². The molecule has 3 nitrogen and oxygen atoms in total.